The van der Waals surface area contributed by atoms with Crippen LogP contribution in [0.5, 0.6) is 0 Å². The van der Waals surface area contributed by atoms with Crippen molar-refractivity contribution in [2.24, 2.45) is 0 Å². The number of aromatic nitrogens is 1. The third kappa shape index (κ3) is 2.15. The van der Waals surface area contributed by atoms with Gasteiger partial charge in [-0.1, -0.05) is 48.0 Å². The Morgan fingerprint density at radius 1 is 0.917 bits per heavy atom. The smallest absolute Gasteiger partial charge is 0.0812 e. The van der Waals surface area contributed by atoms with Crippen molar-refractivity contribution in [3.8, 4) is 11.1 Å². The molecule has 3 aromatic carbocycles. The van der Waals surface area contributed by atoms with Gasteiger partial charge in [-0.15, -0.1) is 0 Å². The molecule has 0 amide bonds. The van der Waals surface area contributed by atoms with E-state index in [1.165, 1.54) is 0 Å². The standard InChI is InChI=1S/C21H17ClN2/c1-12-13(2)20(23)16-11-14-7-3-6-10-18(14)24-21(16)19(12)15-8-4-5-9-17(15)22/h3-11H,23H2,1-2H3. The summed E-state index contributed by atoms with van der Waals surface area (Å²) in [6, 6.07) is 18.1. The lowest BCUT2D eigenvalue weighted by atomic mass is 9.91. The molecule has 3 heteroatoms. The number of para-hydroxylation sites is 1. The molecule has 0 fully saturated rings. The summed E-state index contributed by atoms with van der Waals surface area (Å²) in [4.78, 5) is 4.92. The van der Waals surface area contributed by atoms with E-state index in [1.54, 1.807) is 0 Å². The first-order chi connectivity index (χ1) is 11.6. The zero-order valence-corrected chi connectivity index (χ0v) is 14.4. The summed E-state index contributed by atoms with van der Waals surface area (Å²) in [5, 5.41) is 2.79. The SMILES string of the molecule is Cc1c(C)c(-c2ccccc2Cl)c2nc3ccccc3cc2c1N. The maximum atomic E-state index is 6.48. The summed E-state index contributed by atoms with van der Waals surface area (Å²) in [6.45, 7) is 4.14. The van der Waals surface area contributed by atoms with Crippen molar-refractivity contribution < 1.29 is 0 Å². The van der Waals surface area contributed by atoms with Gasteiger partial charge in [0.15, 0.2) is 0 Å². The first-order valence-electron chi connectivity index (χ1n) is 7.91. The van der Waals surface area contributed by atoms with E-state index >= 15 is 0 Å². The van der Waals surface area contributed by atoms with Crippen molar-refractivity contribution in [1.29, 1.82) is 0 Å². The van der Waals surface area contributed by atoms with Crippen LogP contribution in [0.1, 0.15) is 11.1 Å². The Kier molecular flexibility index (Phi) is 3.43. The van der Waals surface area contributed by atoms with Crippen LogP contribution in [0.3, 0.4) is 0 Å². The van der Waals surface area contributed by atoms with Gasteiger partial charge >= 0.3 is 0 Å². The lowest BCUT2D eigenvalue weighted by Gasteiger charge is -2.17. The molecule has 118 valence electrons. The van der Waals surface area contributed by atoms with E-state index in [0.29, 0.717) is 0 Å². The number of pyridine rings is 1. The van der Waals surface area contributed by atoms with Crippen molar-refractivity contribution in [2.45, 2.75) is 13.8 Å². The van der Waals surface area contributed by atoms with Crippen LogP contribution in [-0.4, -0.2) is 4.98 Å². The predicted octanol–water partition coefficient (Wildman–Crippen LogP) is 5.91. The molecule has 0 aliphatic rings. The van der Waals surface area contributed by atoms with Gasteiger partial charge in [0, 0.05) is 32.6 Å². The summed E-state index contributed by atoms with van der Waals surface area (Å²) in [7, 11) is 0. The summed E-state index contributed by atoms with van der Waals surface area (Å²) in [5.41, 5.74) is 13.3. The normalized spacial score (nSPS) is 11.3. The molecule has 2 nitrogen and oxygen atoms in total. The van der Waals surface area contributed by atoms with Crippen molar-refractivity contribution >= 4 is 39.1 Å². The van der Waals surface area contributed by atoms with E-state index in [-0.39, 0.29) is 0 Å². The lowest BCUT2D eigenvalue weighted by molar-refractivity contribution is 1.35. The Bertz CT molecular complexity index is 1100. The highest BCUT2D eigenvalue weighted by atomic mass is 35.5. The van der Waals surface area contributed by atoms with Crippen LogP contribution < -0.4 is 5.73 Å². The van der Waals surface area contributed by atoms with E-state index in [4.69, 9.17) is 22.3 Å². The number of hydrogen-bond acceptors (Lipinski definition) is 2. The second kappa shape index (κ2) is 5.50. The third-order valence-corrected chi connectivity index (χ3v) is 5.07. The Balaban J connectivity index is 2.23. The molecular weight excluding hydrogens is 316 g/mol. The van der Waals surface area contributed by atoms with Gasteiger partial charge in [-0.3, -0.25) is 0 Å². The van der Waals surface area contributed by atoms with Gasteiger partial charge in [0.25, 0.3) is 0 Å². The molecular formula is C21H17ClN2. The molecule has 4 aromatic rings. The fraction of sp³-hybridized carbons (Fsp3) is 0.0952. The molecule has 2 N–H and O–H groups in total. The van der Waals surface area contributed by atoms with Crippen LogP contribution >= 0.6 is 11.6 Å². The number of rotatable bonds is 1. The quantitative estimate of drug-likeness (QED) is 0.348. The second-order valence-corrected chi connectivity index (χ2v) is 6.50. The molecule has 0 atom stereocenters. The number of anilines is 1. The highest BCUT2D eigenvalue weighted by Crippen LogP contribution is 2.40. The van der Waals surface area contributed by atoms with Crippen LogP contribution in [0.2, 0.25) is 5.02 Å². The van der Waals surface area contributed by atoms with Gasteiger partial charge in [-0.25, -0.2) is 4.98 Å². The van der Waals surface area contributed by atoms with Crippen molar-refractivity contribution in [3.05, 3.63) is 70.7 Å². The molecule has 0 saturated heterocycles. The monoisotopic (exact) mass is 332 g/mol. The van der Waals surface area contributed by atoms with Gasteiger partial charge in [-0.05, 0) is 43.2 Å². The number of nitrogen functional groups attached to an aromatic ring is 1. The Morgan fingerprint density at radius 2 is 1.62 bits per heavy atom. The van der Waals surface area contributed by atoms with Gasteiger partial charge in [0.2, 0.25) is 0 Å². The Hall–Kier alpha value is -2.58. The van der Waals surface area contributed by atoms with E-state index in [0.717, 1.165) is 54.8 Å². The molecule has 0 unspecified atom stereocenters. The molecule has 0 radical (unpaired) electrons. The molecule has 4 rings (SSSR count). The van der Waals surface area contributed by atoms with Gasteiger partial charge in [-0.2, -0.15) is 0 Å². The van der Waals surface area contributed by atoms with Crippen molar-refractivity contribution in [1.82, 2.24) is 4.98 Å². The average molecular weight is 333 g/mol. The fourth-order valence-corrected chi connectivity index (χ4v) is 3.50. The molecule has 0 spiro atoms. The minimum absolute atomic E-state index is 0.723. The van der Waals surface area contributed by atoms with Crippen molar-refractivity contribution in [3.63, 3.8) is 0 Å². The number of nitrogens with zero attached hydrogens (tertiary/aromatic N) is 1. The summed E-state index contributed by atoms with van der Waals surface area (Å²) >= 11 is 6.48. The highest BCUT2D eigenvalue weighted by molar-refractivity contribution is 6.34. The van der Waals surface area contributed by atoms with Gasteiger partial charge in [0.1, 0.15) is 0 Å². The van der Waals surface area contributed by atoms with E-state index in [2.05, 4.69) is 26.0 Å². The minimum Gasteiger partial charge on any atom is -0.398 e. The van der Waals surface area contributed by atoms with E-state index in [9.17, 15) is 0 Å². The molecule has 24 heavy (non-hydrogen) atoms. The molecule has 0 aliphatic heterocycles. The predicted molar refractivity (Wildman–Crippen MR) is 104 cm³/mol. The molecule has 1 heterocycles. The van der Waals surface area contributed by atoms with Crippen LogP contribution in [0.15, 0.2) is 54.6 Å². The number of benzene rings is 3. The number of halogens is 1. The van der Waals surface area contributed by atoms with Crippen LogP contribution in [0.25, 0.3) is 32.9 Å². The third-order valence-electron chi connectivity index (χ3n) is 4.74. The number of nitrogens with two attached hydrogens (primary N) is 1. The molecule has 0 bridgehead atoms. The van der Waals surface area contributed by atoms with Crippen molar-refractivity contribution in [2.75, 3.05) is 5.73 Å². The summed E-state index contributed by atoms with van der Waals surface area (Å²) in [5.74, 6) is 0. The zero-order chi connectivity index (χ0) is 16.8. The fourth-order valence-electron chi connectivity index (χ4n) is 3.27. The Labute approximate surface area is 145 Å². The van der Waals surface area contributed by atoms with Crippen LogP contribution in [0, 0.1) is 13.8 Å². The maximum absolute atomic E-state index is 6.48. The van der Waals surface area contributed by atoms with Gasteiger partial charge < -0.3 is 5.73 Å². The first kappa shape index (κ1) is 15.0. The molecule has 1 aromatic heterocycles. The topological polar surface area (TPSA) is 38.9 Å². The van der Waals surface area contributed by atoms with E-state index < -0.39 is 0 Å². The molecule has 0 saturated carbocycles. The van der Waals surface area contributed by atoms with E-state index in [1.807, 2.05) is 42.5 Å². The minimum atomic E-state index is 0.723. The largest absolute Gasteiger partial charge is 0.398 e. The summed E-state index contributed by atoms with van der Waals surface area (Å²) < 4.78 is 0. The summed E-state index contributed by atoms with van der Waals surface area (Å²) in [6.07, 6.45) is 0. The zero-order valence-electron chi connectivity index (χ0n) is 13.6. The average Bonchev–Trinajstić information content (AvgIpc) is 2.60. The van der Waals surface area contributed by atoms with Crippen LogP contribution in [0.4, 0.5) is 5.69 Å². The number of hydrogen-bond donors (Lipinski definition) is 1. The Morgan fingerprint density at radius 3 is 2.42 bits per heavy atom. The maximum Gasteiger partial charge on any atom is 0.0812 e. The van der Waals surface area contributed by atoms with Crippen LogP contribution in [-0.2, 0) is 0 Å². The highest BCUT2D eigenvalue weighted by Gasteiger charge is 2.17. The molecule has 0 aliphatic carbocycles. The lowest BCUT2D eigenvalue weighted by Crippen LogP contribution is -2.00. The second-order valence-electron chi connectivity index (χ2n) is 6.10. The first-order valence-corrected chi connectivity index (χ1v) is 8.28. The van der Waals surface area contributed by atoms with Gasteiger partial charge in [0.05, 0.1) is 11.0 Å². The number of fused-ring (bicyclic) bond motifs is 2.